The van der Waals surface area contributed by atoms with Crippen molar-refractivity contribution in [1.82, 2.24) is 0 Å². The van der Waals surface area contributed by atoms with Crippen LogP contribution >= 0.6 is 0 Å². The number of ether oxygens (including phenoxy) is 1. The highest BCUT2D eigenvalue weighted by molar-refractivity contribution is 6.03. The largest absolute Gasteiger partial charge is 0.489 e. The van der Waals surface area contributed by atoms with Gasteiger partial charge in [0, 0.05) is 6.42 Å². The van der Waals surface area contributed by atoms with E-state index in [1.165, 1.54) is 12.1 Å². The van der Waals surface area contributed by atoms with Crippen LogP contribution in [0.3, 0.4) is 0 Å². The third-order valence-corrected chi connectivity index (χ3v) is 5.99. The number of hydrogen-bond donors (Lipinski definition) is 0. The Labute approximate surface area is 199 Å². The van der Waals surface area contributed by atoms with Crippen LogP contribution in [0.1, 0.15) is 34.7 Å². The molecular weight excluding hydrogens is 423 g/mol. The molecule has 1 atom stereocenters. The molecule has 1 unspecified atom stereocenters. The monoisotopic (exact) mass is 448 g/mol. The van der Waals surface area contributed by atoms with Gasteiger partial charge >= 0.3 is 0 Å². The van der Waals surface area contributed by atoms with Crippen molar-refractivity contribution in [2.24, 2.45) is 5.10 Å². The highest BCUT2D eigenvalue weighted by atomic mass is 19.1. The average molecular weight is 449 g/mol. The fourth-order valence-corrected chi connectivity index (χ4v) is 4.11. The summed E-state index contributed by atoms with van der Waals surface area (Å²) in [6.07, 6.45) is 2.56. The first-order valence-electron chi connectivity index (χ1n) is 11.3. The Morgan fingerprint density at radius 1 is 0.882 bits per heavy atom. The van der Waals surface area contributed by atoms with Gasteiger partial charge in [-0.2, -0.15) is 5.10 Å². The second-order valence-corrected chi connectivity index (χ2v) is 8.26. The van der Waals surface area contributed by atoms with Crippen LogP contribution in [-0.2, 0) is 6.61 Å². The minimum atomic E-state index is -0.244. The van der Waals surface area contributed by atoms with Crippen LogP contribution in [0.2, 0.25) is 0 Å². The third-order valence-electron chi connectivity index (χ3n) is 5.99. The smallest absolute Gasteiger partial charge is 0.123 e. The molecule has 34 heavy (non-hydrogen) atoms. The SMILES string of the molecule is C=Cc1ccc(COc2ccc(C3CC(c4ccc(F)cc4)=NN3c3ccccc3)cc2)cc1. The molecule has 4 heteroatoms. The van der Waals surface area contributed by atoms with Gasteiger partial charge in [0.2, 0.25) is 0 Å². The second-order valence-electron chi connectivity index (χ2n) is 8.26. The lowest BCUT2D eigenvalue weighted by atomic mass is 9.98. The average Bonchev–Trinajstić information content (AvgIpc) is 3.34. The molecule has 0 aliphatic carbocycles. The standard InChI is InChI=1S/C30H25FN2O/c1-2-22-8-10-23(11-9-22)21-34-28-18-14-25(15-19-28)30-20-29(24-12-16-26(31)17-13-24)32-33(30)27-6-4-3-5-7-27/h2-19,30H,1,20-21H2. The number of anilines is 1. The first kappa shape index (κ1) is 21.7. The van der Waals surface area contributed by atoms with E-state index in [2.05, 4.69) is 48.0 Å². The lowest BCUT2D eigenvalue weighted by Gasteiger charge is -2.24. The van der Waals surface area contributed by atoms with Crippen LogP contribution in [0.25, 0.3) is 6.08 Å². The number of nitrogens with zero attached hydrogens (tertiary/aromatic N) is 2. The molecule has 1 aliphatic heterocycles. The maximum atomic E-state index is 13.4. The normalized spacial score (nSPS) is 15.1. The Morgan fingerprint density at radius 3 is 2.26 bits per heavy atom. The third kappa shape index (κ3) is 4.76. The molecule has 5 rings (SSSR count). The zero-order valence-electron chi connectivity index (χ0n) is 18.8. The number of rotatable bonds is 7. The van der Waals surface area contributed by atoms with Crippen LogP contribution in [0.15, 0.2) is 115 Å². The van der Waals surface area contributed by atoms with E-state index >= 15 is 0 Å². The molecule has 1 heterocycles. The molecular formula is C30H25FN2O. The van der Waals surface area contributed by atoms with Crippen molar-refractivity contribution >= 4 is 17.5 Å². The Morgan fingerprint density at radius 2 is 1.59 bits per heavy atom. The van der Waals surface area contributed by atoms with Crippen LogP contribution in [0, 0.1) is 5.82 Å². The van der Waals surface area contributed by atoms with E-state index in [1.54, 1.807) is 12.1 Å². The van der Waals surface area contributed by atoms with Gasteiger partial charge in [-0.25, -0.2) is 4.39 Å². The molecule has 4 aromatic rings. The lowest BCUT2D eigenvalue weighted by molar-refractivity contribution is 0.306. The van der Waals surface area contributed by atoms with Crippen LogP contribution in [0.5, 0.6) is 5.75 Å². The van der Waals surface area contributed by atoms with Gasteiger partial charge in [-0.15, -0.1) is 0 Å². The summed E-state index contributed by atoms with van der Waals surface area (Å²) in [7, 11) is 0. The lowest BCUT2D eigenvalue weighted by Crippen LogP contribution is -2.18. The summed E-state index contributed by atoms with van der Waals surface area (Å²) in [4.78, 5) is 0. The van der Waals surface area contributed by atoms with Crippen LogP contribution in [0.4, 0.5) is 10.1 Å². The maximum absolute atomic E-state index is 13.4. The molecule has 1 aliphatic rings. The van der Waals surface area contributed by atoms with Gasteiger partial charge < -0.3 is 4.74 Å². The summed E-state index contributed by atoms with van der Waals surface area (Å²) in [5.41, 5.74) is 6.25. The molecule has 0 amide bonds. The van der Waals surface area contributed by atoms with Crippen molar-refractivity contribution in [2.45, 2.75) is 19.1 Å². The molecule has 0 saturated heterocycles. The number of hydrogen-bond acceptors (Lipinski definition) is 3. The summed E-state index contributed by atoms with van der Waals surface area (Å²) < 4.78 is 19.4. The Bertz CT molecular complexity index is 1280. The minimum absolute atomic E-state index is 0.0444. The van der Waals surface area contributed by atoms with E-state index in [-0.39, 0.29) is 11.9 Å². The fraction of sp³-hybridized carbons (Fsp3) is 0.100. The van der Waals surface area contributed by atoms with E-state index in [0.717, 1.165) is 45.8 Å². The first-order valence-corrected chi connectivity index (χ1v) is 11.3. The zero-order chi connectivity index (χ0) is 23.3. The predicted octanol–water partition coefficient (Wildman–Crippen LogP) is 7.40. The molecule has 0 aromatic heterocycles. The fourth-order valence-electron chi connectivity index (χ4n) is 4.11. The first-order chi connectivity index (χ1) is 16.7. The van der Waals surface area contributed by atoms with E-state index in [4.69, 9.17) is 9.84 Å². The number of para-hydroxylation sites is 1. The van der Waals surface area contributed by atoms with Gasteiger partial charge in [-0.05, 0) is 58.7 Å². The van der Waals surface area contributed by atoms with Crippen molar-refractivity contribution in [1.29, 1.82) is 0 Å². The van der Waals surface area contributed by atoms with Crippen LogP contribution < -0.4 is 9.75 Å². The Kier molecular flexibility index (Phi) is 6.21. The molecule has 0 fully saturated rings. The molecule has 0 saturated carbocycles. The van der Waals surface area contributed by atoms with Crippen molar-refractivity contribution < 1.29 is 9.13 Å². The summed E-state index contributed by atoms with van der Waals surface area (Å²) in [5, 5.41) is 6.97. The van der Waals surface area contributed by atoms with Gasteiger partial charge in [-0.1, -0.05) is 79.4 Å². The highest BCUT2D eigenvalue weighted by Gasteiger charge is 2.29. The van der Waals surface area contributed by atoms with Crippen molar-refractivity contribution in [3.63, 3.8) is 0 Å². The Hall–Kier alpha value is -4.18. The van der Waals surface area contributed by atoms with Crippen LogP contribution in [-0.4, -0.2) is 5.71 Å². The number of halogens is 1. The molecule has 0 N–H and O–H groups in total. The van der Waals surface area contributed by atoms with E-state index in [0.29, 0.717) is 6.61 Å². The molecule has 0 spiro atoms. The minimum Gasteiger partial charge on any atom is -0.489 e. The van der Waals surface area contributed by atoms with Gasteiger partial charge in [0.15, 0.2) is 0 Å². The Balaban J connectivity index is 1.34. The molecule has 3 nitrogen and oxygen atoms in total. The second kappa shape index (κ2) is 9.75. The molecule has 4 aromatic carbocycles. The summed E-state index contributed by atoms with van der Waals surface area (Å²) in [6, 6.07) is 33.1. The van der Waals surface area contributed by atoms with Gasteiger partial charge in [0.05, 0.1) is 17.4 Å². The van der Waals surface area contributed by atoms with Gasteiger partial charge in [0.1, 0.15) is 18.2 Å². The maximum Gasteiger partial charge on any atom is 0.123 e. The van der Waals surface area contributed by atoms with Gasteiger partial charge in [0.25, 0.3) is 0 Å². The van der Waals surface area contributed by atoms with E-state index < -0.39 is 0 Å². The van der Waals surface area contributed by atoms with E-state index in [9.17, 15) is 4.39 Å². The summed E-state index contributed by atoms with van der Waals surface area (Å²) in [6.45, 7) is 4.30. The van der Waals surface area contributed by atoms with Crippen molar-refractivity contribution in [2.75, 3.05) is 5.01 Å². The molecule has 0 bridgehead atoms. The zero-order valence-corrected chi connectivity index (χ0v) is 18.8. The quantitative estimate of drug-likeness (QED) is 0.294. The number of hydrazone groups is 1. The topological polar surface area (TPSA) is 24.8 Å². The van der Waals surface area contributed by atoms with E-state index in [1.807, 2.05) is 48.5 Å². The summed E-state index contributed by atoms with van der Waals surface area (Å²) >= 11 is 0. The predicted molar refractivity (Wildman–Crippen MR) is 137 cm³/mol. The summed E-state index contributed by atoms with van der Waals surface area (Å²) in [5.74, 6) is 0.575. The highest BCUT2D eigenvalue weighted by Crippen LogP contribution is 2.37. The molecule has 168 valence electrons. The molecule has 0 radical (unpaired) electrons. The van der Waals surface area contributed by atoms with Gasteiger partial charge in [-0.3, -0.25) is 5.01 Å². The van der Waals surface area contributed by atoms with Crippen molar-refractivity contribution in [3.05, 3.63) is 138 Å². The van der Waals surface area contributed by atoms with Crippen molar-refractivity contribution in [3.8, 4) is 5.75 Å². The number of benzene rings is 4.